The summed E-state index contributed by atoms with van der Waals surface area (Å²) in [6.45, 7) is 7.27. The van der Waals surface area contributed by atoms with E-state index >= 15 is 0 Å². The molecule has 0 N–H and O–H groups in total. The van der Waals surface area contributed by atoms with Crippen molar-refractivity contribution < 1.29 is 0 Å². The van der Waals surface area contributed by atoms with E-state index < -0.39 is 0 Å². The quantitative estimate of drug-likeness (QED) is 0.673. The van der Waals surface area contributed by atoms with Gasteiger partial charge in [0.15, 0.2) is 0 Å². The average Bonchev–Trinajstić information content (AvgIpc) is 2.46. The fraction of sp³-hybridized carbons (Fsp3) is 0.600. The van der Waals surface area contributed by atoms with Gasteiger partial charge in [-0.1, -0.05) is 6.42 Å². The van der Waals surface area contributed by atoms with Crippen molar-refractivity contribution in [1.29, 1.82) is 0 Å². The van der Waals surface area contributed by atoms with E-state index in [0.29, 0.717) is 6.54 Å². The summed E-state index contributed by atoms with van der Waals surface area (Å²) < 4.78 is 0. The van der Waals surface area contributed by atoms with E-state index in [4.69, 9.17) is 6.57 Å². The molecule has 1 aliphatic rings. The molecule has 3 heteroatoms. The highest BCUT2D eigenvalue weighted by atomic mass is 32.1. The van der Waals surface area contributed by atoms with Crippen LogP contribution in [0.5, 0.6) is 0 Å². The van der Waals surface area contributed by atoms with E-state index in [1.807, 2.05) is 0 Å². The maximum absolute atomic E-state index is 6.69. The minimum atomic E-state index is 0.577. The molecule has 0 bridgehead atoms. The van der Waals surface area contributed by atoms with Crippen LogP contribution in [0.3, 0.4) is 0 Å². The summed E-state index contributed by atoms with van der Waals surface area (Å²) in [6.07, 6.45) is 4.82. The van der Waals surface area contributed by atoms with Crippen LogP contribution in [0.4, 0.5) is 0 Å². The Labute approximate surface area is 82.4 Å². The summed E-state index contributed by atoms with van der Waals surface area (Å²) in [7, 11) is 0. The van der Waals surface area contributed by atoms with Crippen molar-refractivity contribution >= 4 is 11.3 Å². The van der Waals surface area contributed by atoms with E-state index in [9.17, 15) is 0 Å². The molecule has 1 heterocycles. The Hall–Kier alpha value is -0.880. The lowest BCUT2D eigenvalue weighted by atomic mass is 9.86. The van der Waals surface area contributed by atoms with Gasteiger partial charge in [0, 0.05) is 11.3 Å². The van der Waals surface area contributed by atoms with Gasteiger partial charge in [-0.25, -0.2) is 11.6 Å². The zero-order valence-corrected chi connectivity index (χ0v) is 8.31. The summed E-state index contributed by atoms with van der Waals surface area (Å²) in [5.41, 5.74) is 1.11. The predicted molar refractivity (Wildman–Crippen MR) is 53.9 cm³/mol. The predicted octanol–water partition coefficient (Wildman–Crippen LogP) is 2.87. The van der Waals surface area contributed by atoms with E-state index in [2.05, 4.69) is 15.2 Å². The molecule has 2 rings (SSSR count). The second-order valence-corrected chi connectivity index (χ2v) is 4.33. The van der Waals surface area contributed by atoms with Crippen molar-refractivity contribution in [2.75, 3.05) is 6.54 Å². The van der Waals surface area contributed by atoms with E-state index in [1.54, 1.807) is 11.3 Å². The first-order chi connectivity index (χ1) is 6.40. The van der Waals surface area contributed by atoms with Crippen molar-refractivity contribution in [3.05, 3.63) is 27.5 Å². The van der Waals surface area contributed by atoms with Crippen LogP contribution in [0.2, 0.25) is 0 Å². The number of hydrogen-bond donors (Lipinski definition) is 0. The molecular weight excluding hydrogens is 180 g/mol. The Morgan fingerprint density at radius 3 is 3.08 bits per heavy atom. The van der Waals surface area contributed by atoms with Gasteiger partial charge < -0.3 is 4.85 Å². The fourth-order valence-electron chi connectivity index (χ4n) is 1.45. The van der Waals surface area contributed by atoms with E-state index in [0.717, 1.165) is 18.0 Å². The van der Waals surface area contributed by atoms with Crippen molar-refractivity contribution in [2.45, 2.75) is 31.6 Å². The van der Waals surface area contributed by atoms with Crippen LogP contribution in [0.15, 0.2) is 5.38 Å². The Balaban J connectivity index is 1.97. The molecule has 1 fully saturated rings. The summed E-state index contributed by atoms with van der Waals surface area (Å²) >= 11 is 1.77. The molecule has 0 radical (unpaired) electrons. The third kappa shape index (κ3) is 1.89. The van der Waals surface area contributed by atoms with Crippen molar-refractivity contribution in [3.63, 3.8) is 0 Å². The van der Waals surface area contributed by atoms with Gasteiger partial charge in [-0.05, 0) is 12.8 Å². The third-order valence-electron chi connectivity index (χ3n) is 2.50. The second kappa shape index (κ2) is 3.89. The van der Waals surface area contributed by atoms with E-state index in [1.165, 1.54) is 24.3 Å². The Morgan fingerprint density at radius 2 is 2.46 bits per heavy atom. The first-order valence-corrected chi connectivity index (χ1v) is 5.55. The highest BCUT2D eigenvalue weighted by molar-refractivity contribution is 7.09. The topological polar surface area (TPSA) is 17.2 Å². The van der Waals surface area contributed by atoms with Gasteiger partial charge in [0.1, 0.15) is 0 Å². The molecule has 1 saturated carbocycles. The first kappa shape index (κ1) is 8.71. The van der Waals surface area contributed by atoms with Gasteiger partial charge in [0.25, 0.3) is 0 Å². The Kier molecular flexibility index (Phi) is 2.60. The molecule has 1 aromatic rings. The molecule has 0 aromatic carbocycles. The van der Waals surface area contributed by atoms with Crippen LogP contribution in [0, 0.1) is 6.57 Å². The summed E-state index contributed by atoms with van der Waals surface area (Å²) in [6, 6.07) is 0. The molecule has 2 nitrogen and oxygen atoms in total. The summed E-state index contributed by atoms with van der Waals surface area (Å²) in [5.74, 6) is 0.742. The minimum Gasteiger partial charge on any atom is -0.317 e. The second-order valence-electron chi connectivity index (χ2n) is 3.44. The monoisotopic (exact) mass is 192 g/mol. The number of rotatable bonds is 3. The molecule has 0 atom stereocenters. The average molecular weight is 192 g/mol. The molecular formula is C10H12N2S. The largest absolute Gasteiger partial charge is 0.317 e. The molecule has 1 aromatic heterocycles. The zero-order valence-electron chi connectivity index (χ0n) is 7.49. The van der Waals surface area contributed by atoms with Crippen LogP contribution in [0.25, 0.3) is 4.85 Å². The first-order valence-electron chi connectivity index (χ1n) is 4.67. The van der Waals surface area contributed by atoms with Gasteiger partial charge in [-0.3, -0.25) is 0 Å². The van der Waals surface area contributed by atoms with Crippen molar-refractivity contribution in [1.82, 2.24) is 4.98 Å². The van der Waals surface area contributed by atoms with Crippen LogP contribution in [-0.2, 0) is 6.42 Å². The highest BCUT2D eigenvalue weighted by Gasteiger charge is 2.22. The fourth-order valence-corrected chi connectivity index (χ4v) is 2.48. The van der Waals surface area contributed by atoms with Gasteiger partial charge in [-0.2, -0.15) is 0 Å². The van der Waals surface area contributed by atoms with Crippen LogP contribution >= 0.6 is 11.3 Å². The number of hydrogen-bond acceptors (Lipinski definition) is 2. The molecule has 68 valence electrons. The van der Waals surface area contributed by atoms with Gasteiger partial charge >= 0.3 is 0 Å². The lowest BCUT2D eigenvalue weighted by Gasteiger charge is -2.22. The maximum atomic E-state index is 6.69. The summed E-state index contributed by atoms with van der Waals surface area (Å²) in [4.78, 5) is 7.88. The molecule has 0 amide bonds. The number of thiazole rings is 1. The van der Waals surface area contributed by atoms with Crippen molar-refractivity contribution in [3.8, 4) is 0 Å². The normalized spacial score (nSPS) is 16.5. The molecule has 0 aliphatic heterocycles. The van der Waals surface area contributed by atoms with Crippen LogP contribution in [0.1, 0.15) is 35.9 Å². The lowest BCUT2D eigenvalue weighted by molar-refractivity contribution is 0.418. The molecule has 0 saturated heterocycles. The molecule has 1 aliphatic carbocycles. The summed E-state index contributed by atoms with van der Waals surface area (Å²) in [5, 5.41) is 3.41. The number of nitrogens with zero attached hydrogens (tertiary/aromatic N) is 2. The molecule has 0 unspecified atom stereocenters. The zero-order chi connectivity index (χ0) is 9.10. The smallest absolute Gasteiger partial charge is 0.220 e. The lowest BCUT2D eigenvalue weighted by Crippen LogP contribution is -2.08. The number of aromatic nitrogens is 1. The van der Waals surface area contributed by atoms with Gasteiger partial charge in [-0.15, -0.1) is 11.3 Å². The third-order valence-corrected chi connectivity index (χ3v) is 3.56. The van der Waals surface area contributed by atoms with Gasteiger partial charge in [0.05, 0.1) is 17.1 Å². The molecule has 0 spiro atoms. The van der Waals surface area contributed by atoms with Gasteiger partial charge in [0.2, 0.25) is 6.54 Å². The van der Waals surface area contributed by atoms with E-state index in [-0.39, 0.29) is 0 Å². The standard InChI is InChI=1S/C10H12N2S/c1-11-6-5-9-7-13-10(12-9)8-3-2-4-8/h7-8H,2-6H2. The highest BCUT2D eigenvalue weighted by Crippen LogP contribution is 2.37. The van der Waals surface area contributed by atoms with Crippen LogP contribution in [-0.4, -0.2) is 11.5 Å². The Bertz CT molecular complexity index is 320. The maximum Gasteiger partial charge on any atom is 0.220 e. The Morgan fingerprint density at radius 1 is 1.62 bits per heavy atom. The molecule has 13 heavy (non-hydrogen) atoms. The van der Waals surface area contributed by atoms with Crippen LogP contribution < -0.4 is 0 Å². The minimum absolute atomic E-state index is 0.577. The van der Waals surface area contributed by atoms with Crippen molar-refractivity contribution in [2.24, 2.45) is 0 Å². The SMILES string of the molecule is [C-]#[N+]CCc1csc(C2CCC2)n1.